The van der Waals surface area contributed by atoms with Crippen LogP contribution in [0.4, 0.5) is 61.5 Å². The summed E-state index contributed by atoms with van der Waals surface area (Å²) in [6.07, 6.45) is -32.9. The van der Waals surface area contributed by atoms with Crippen LogP contribution in [0.3, 0.4) is 0 Å². The number of nitrogens with zero attached hydrogens (tertiary/aromatic N) is 2. The van der Waals surface area contributed by atoms with Gasteiger partial charge in [-0.15, -0.1) is 13.2 Å². The van der Waals surface area contributed by atoms with Gasteiger partial charge in [0.1, 0.15) is 5.75 Å². The zero-order chi connectivity index (χ0) is 35.7. The Labute approximate surface area is 258 Å². The molecule has 0 bridgehead atoms. The summed E-state index contributed by atoms with van der Waals surface area (Å²) in [5, 5.41) is 0. The smallest absolute Gasteiger partial charge is 0.452 e. The lowest BCUT2D eigenvalue weighted by atomic mass is 10.1. The SMILES string of the molecule is CCCCCCCCCCc1cnc(-c2ccc(OC(F)C(F)(F)OC(F)(F)C(F)(F)OC(F)(F)C(F)(F)OC(F)(F)F)cc2)nc1. The molecule has 0 amide bonds. The Morgan fingerprint density at radius 1 is 0.596 bits per heavy atom. The summed E-state index contributed by atoms with van der Waals surface area (Å²) in [7, 11) is 0. The molecule has 6 nitrogen and oxygen atoms in total. The van der Waals surface area contributed by atoms with Crippen LogP contribution in [0, 0.1) is 0 Å². The topological polar surface area (TPSA) is 62.7 Å². The predicted molar refractivity (Wildman–Crippen MR) is 133 cm³/mol. The summed E-state index contributed by atoms with van der Waals surface area (Å²) < 4.78 is 193. The zero-order valence-electron chi connectivity index (χ0n) is 24.2. The van der Waals surface area contributed by atoms with Gasteiger partial charge in [0.2, 0.25) is 0 Å². The first-order valence-electron chi connectivity index (χ1n) is 13.8. The van der Waals surface area contributed by atoms with Gasteiger partial charge in [-0.05, 0) is 42.7 Å². The van der Waals surface area contributed by atoms with Crippen molar-refractivity contribution in [1.29, 1.82) is 0 Å². The second-order valence-corrected chi connectivity index (χ2v) is 9.98. The standard InChI is InChI=1S/C27H28F14N2O4/c1-2-3-4-5-6-7-8-9-10-17-15-42-20(43-16-17)18-11-13-19(14-12-18)44-21(28)22(29,30)45-23(31,32)24(33,34)46-25(35,36)26(37,38)47-27(39,40)41/h11-16,21H,2-10H2,1H3. The van der Waals surface area contributed by atoms with Gasteiger partial charge in [0, 0.05) is 18.0 Å². The number of aromatic nitrogens is 2. The van der Waals surface area contributed by atoms with E-state index in [2.05, 4.69) is 26.4 Å². The van der Waals surface area contributed by atoms with Crippen LogP contribution >= 0.6 is 0 Å². The van der Waals surface area contributed by atoms with Gasteiger partial charge in [-0.1, -0.05) is 51.9 Å². The van der Waals surface area contributed by atoms with E-state index in [0.717, 1.165) is 55.5 Å². The van der Waals surface area contributed by atoms with Crippen LogP contribution < -0.4 is 4.74 Å². The van der Waals surface area contributed by atoms with Crippen LogP contribution in [-0.4, -0.2) is 53.2 Å². The molecule has 0 radical (unpaired) electrons. The molecule has 1 heterocycles. The highest BCUT2D eigenvalue weighted by Gasteiger charge is 2.74. The van der Waals surface area contributed by atoms with Gasteiger partial charge in [0.05, 0.1) is 0 Å². The molecule has 0 fully saturated rings. The molecule has 1 unspecified atom stereocenters. The highest BCUT2D eigenvalue weighted by Crippen LogP contribution is 2.49. The van der Waals surface area contributed by atoms with Gasteiger partial charge >= 0.3 is 43.3 Å². The third kappa shape index (κ3) is 12.2. The molecule has 268 valence electrons. The first-order chi connectivity index (χ1) is 21.5. The Kier molecular flexibility index (Phi) is 13.6. The minimum Gasteiger partial charge on any atom is -0.452 e. The molecule has 20 heteroatoms. The fourth-order valence-electron chi connectivity index (χ4n) is 3.73. The maximum Gasteiger partial charge on any atom is 0.527 e. The molecule has 1 aromatic carbocycles. The van der Waals surface area contributed by atoms with Crippen molar-refractivity contribution in [1.82, 2.24) is 9.97 Å². The van der Waals surface area contributed by atoms with Gasteiger partial charge in [-0.2, -0.15) is 48.3 Å². The average Bonchev–Trinajstić information content (AvgIpc) is 2.93. The van der Waals surface area contributed by atoms with E-state index in [1.807, 2.05) is 0 Å². The van der Waals surface area contributed by atoms with Crippen molar-refractivity contribution in [2.24, 2.45) is 0 Å². The minimum absolute atomic E-state index is 0.131. The third-order valence-corrected chi connectivity index (χ3v) is 6.08. The van der Waals surface area contributed by atoms with Gasteiger partial charge in [-0.3, -0.25) is 0 Å². The van der Waals surface area contributed by atoms with Crippen LogP contribution in [0.2, 0.25) is 0 Å². The lowest BCUT2D eigenvalue weighted by Crippen LogP contribution is -2.58. The van der Waals surface area contributed by atoms with E-state index in [1.165, 1.54) is 25.7 Å². The van der Waals surface area contributed by atoms with Crippen molar-refractivity contribution in [3.63, 3.8) is 0 Å². The van der Waals surface area contributed by atoms with Crippen LogP contribution in [0.5, 0.6) is 5.75 Å². The van der Waals surface area contributed by atoms with Gasteiger partial charge < -0.3 is 4.74 Å². The van der Waals surface area contributed by atoms with Gasteiger partial charge in [-0.25, -0.2) is 24.2 Å². The largest absolute Gasteiger partial charge is 0.527 e. The Morgan fingerprint density at radius 2 is 1.04 bits per heavy atom. The van der Waals surface area contributed by atoms with Gasteiger partial charge in [0.15, 0.2) is 5.82 Å². The molecule has 1 aromatic heterocycles. The molecule has 0 spiro atoms. The molecule has 0 aliphatic carbocycles. The minimum atomic E-state index is -7.22. The average molecular weight is 711 g/mol. The quantitative estimate of drug-likeness (QED) is 0.101. The molecule has 2 rings (SSSR count). The summed E-state index contributed by atoms with van der Waals surface area (Å²) in [6, 6.07) is 3.82. The Morgan fingerprint density at radius 3 is 1.53 bits per heavy atom. The molecule has 0 aliphatic rings. The summed E-state index contributed by atoms with van der Waals surface area (Å²) in [5.41, 5.74) is 1.08. The highest BCUT2D eigenvalue weighted by atomic mass is 19.4. The molecule has 0 N–H and O–H groups in total. The maximum absolute atomic E-state index is 14.0. The number of aryl methyl sites for hydroxylation is 1. The number of ether oxygens (including phenoxy) is 4. The number of benzene rings is 1. The number of rotatable bonds is 20. The summed E-state index contributed by atoms with van der Waals surface area (Å²) in [5.74, 6) is -0.704. The molecule has 0 aliphatic heterocycles. The van der Waals surface area contributed by atoms with E-state index < -0.39 is 49.0 Å². The lowest BCUT2D eigenvalue weighted by Gasteiger charge is -2.33. The molecule has 0 saturated heterocycles. The van der Waals surface area contributed by atoms with Crippen molar-refractivity contribution in [3.8, 4) is 17.1 Å². The fraction of sp³-hybridized carbons (Fsp3) is 0.630. The molecular formula is C27H28F14N2O4. The summed E-state index contributed by atoms with van der Waals surface area (Å²) >= 11 is 0. The fourth-order valence-corrected chi connectivity index (χ4v) is 3.73. The maximum atomic E-state index is 14.0. The van der Waals surface area contributed by atoms with E-state index in [0.29, 0.717) is 6.42 Å². The first kappa shape index (κ1) is 40.2. The highest BCUT2D eigenvalue weighted by molar-refractivity contribution is 5.55. The molecule has 0 saturated carbocycles. The van der Waals surface area contributed by atoms with Crippen molar-refractivity contribution in [3.05, 3.63) is 42.2 Å². The van der Waals surface area contributed by atoms with E-state index in [-0.39, 0.29) is 11.4 Å². The van der Waals surface area contributed by atoms with Crippen LogP contribution in [-0.2, 0) is 20.6 Å². The monoisotopic (exact) mass is 710 g/mol. The number of halogens is 14. The van der Waals surface area contributed by atoms with Gasteiger partial charge in [0.25, 0.3) is 0 Å². The van der Waals surface area contributed by atoms with E-state index in [4.69, 9.17) is 0 Å². The van der Waals surface area contributed by atoms with Crippen molar-refractivity contribution in [2.45, 2.75) is 108 Å². The number of alkyl halides is 14. The normalized spacial score (nSPS) is 14.4. The van der Waals surface area contributed by atoms with Crippen LogP contribution in [0.25, 0.3) is 11.4 Å². The Hall–Kier alpha value is -3.00. The number of unbranched alkanes of at least 4 members (excludes halogenated alkanes) is 7. The summed E-state index contributed by atoms with van der Waals surface area (Å²) in [6.45, 7) is 2.14. The van der Waals surface area contributed by atoms with Crippen molar-refractivity contribution < 1.29 is 80.4 Å². The Balaban J connectivity index is 1.97. The van der Waals surface area contributed by atoms with E-state index in [9.17, 15) is 61.5 Å². The molecular weight excluding hydrogens is 682 g/mol. The van der Waals surface area contributed by atoms with Crippen LogP contribution in [0.1, 0.15) is 63.9 Å². The second kappa shape index (κ2) is 15.9. The first-order valence-corrected chi connectivity index (χ1v) is 13.8. The molecule has 1 atom stereocenters. The third-order valence-electron chi connectivity index (χ3n) is 6.08. The van der Waals surface area contributed by atoms with E-state index in [1.54, 1.807) is 21.9 Å². The van der Waals surface area contributed by atoms with Crippen molar-refractivity contribution in [2.75, 3.05) is 0 Å². The lowest BCUT2D eigenvalue weighted by molar-refractivity contribution is -0.567. The van der Waals surface area contributed by atoms with E-state index >= 15 is 0 Å². The second-order valence-electron chi connectivity index (χ2n) is 9.98. The number of hydrogen-bond acceptors (Lipinski definition) is 6. The summed E-state index contributed by atoms with van der Waals surface area (Å²) in [4.78, 5) is 8.31. The molecule has 47 heavy (non-hydrogen) atoms. The Bertz CT molecular complexity index is 1230. The van der Waals surface area contributed by atoms with Crippen LogP contribution in [0.15, 0.2) is 36.7 Å². The number of hydrogen-bond donors (Lipinski definition) is 0. The predicted octanol–water partition coefficient (Wildman–Crippen LogP) is 10.0. The zero-order valence-corrected chi connectivity index (χ0v) is 24.2. The van der Waals surface area contributed by atoms with Crippen molar-refractivity contribution >= 4 is 0 Å². The molecule has 2 aromatic rings.